The van der Waals surface area contributed by atoms with Crippen molar-refractivity contribution in [3.63, 3.8) is 0 Å². The van der Waals surface area contributed by atoms with Crippen molar-refractivity contribution in [2.75, 3.05) is 6.54 Å². The zero-order chi connectivity index (χ0) is 16.9. The predicted molar refractivity (Wildman–Crippen MR) is 98.4 cm³/mol. The molecule has 0 amide bonds. The summed E-state index contributed by atoms with van der Waals surface area (Å²) in [5.41, 5.74) is 7.15. The summed E-state index contributed by atoms with van der Waals surface area (Å²) in [5.74, 6) is 1.76. The summed E-state index contributed by atoms with van der Waals surface area (Å²) in [6.45, 7) is 0.798. The second kappa shape index (κ2) is 8.64. The second-order valence-corrected chi connectivity index (χ2v) is 8.26. The zero-order valence-electron chi connectivity index (χ0n) is 14.9. The van der Waals surface area contributed by atoms with Crippen molar-refractivity contribution in [2.24, 2.45) is 29.4 Å². The Morgan fingerprint density at radius 3 is 2.75 bits per heavy atom. The van der Waals surface area contributed by atoms with Crippen molar-refractivity contribution in [2.45, 2.75) is 76.4 Å². The molecule has 3 nitrogen and oxygen atoms in total. The monoisotopic (exact) mass is 333 g/mol. The first-order chi connectivity index (χ1) is 11.7. The fraction of sp³-hybridized carbons (Fsp3) is 0.810. The number of unbranched alkanes of at least 4 members (excludes halogenated alkanes) is 2. The third-order valence-corrected chi connectivity index (χ3v) is 6.57. The fourth-order valence-corrected chi connectivity index (χ4v) is 5.16. The van der Waals surface area contributed by atoms with Crippen LogP contribution in [0.15, 0.2) is 23.8 Å². The number of fused-ring (bicyclic) bond motifs is 1. The molecule has 0 heterocycles. The molecule has 3 aliphatic carbocycles. The number of allylic oxidation sites excluding steroid dienone is 2. The molecule has 3 rings (SSSR count). The average Bonchev–Trinajstić information content (AvgIpc) is 3.26. The molecule has 0 radical (unpaired) electrons. The second-order valence-electron chi connectivity index (χ2n) is 8.26. The molecule has 0 spiro atoms. The number of aliphatic hydroxyl groups is 2. The lowest BCUT2D eigenvalue weighted by atomic mass is 9.88. The lowest BCUT2D eigenvalue weighted by molar-refractivity contribution is 0.135. The number of nitrogens with two attached hydrogens (primary N) is 1. The summed E-state index contributed by atoms with van der Waals surface area (Å²) in [7, 11) is 0. The van der Waals surface area contributed by atoms with Crippen LogP contribution >= 0.6 is 0 Å². The van der Waals surface area contributed by atoms with Gasteiger partial charge in [-0.2, -0.15) is 0 Å². The first kappa shape index (κ1) is 18.2. The van der Waals surface area contributed by atoms with E-state index in [-0.39, 0.29) is 18.1 Å². The van der Waals surface area contributed by atoms with E-state index in [0.717, 1.165) is 38.6 Å². The fourth-order valence-electron chi connectivity index (χ4n) is 5.16. The molecule has 3 heteroatoms. The van der Waals surface area contributed by atoms with E-state index in [4.69, 9.17) is 5.73 Å². The van der Waals surface area contributed by atoms with Crippen molar-refractivity contribution < 1.29 is 10.2 Å². The average molecular weight is 334 g/mol. The Morgan fingerprint density at radius 1 is 1.21 bits per heavy atom. The van der Waals surface area contributed by atoms with Crippen molar-refractivity contribution in [1.29, 1.82) is 0 Å². The summed E-state index contributed by atoms with van der Waals surface area (Å²) in [4.78, 5) is 0. The maximum Gasteiger partial charge on any atom is 0.0749 e. The Morgan fingerprint density at radius 2 is 2.00 bits per heavy atom. The normalized spacial score (nSPS) is 34.9. The summed E-state index contributed by atoms with van der Waals surface area (Å²) in [6, 6.07) is 0. The van der Waals surface area contributed by atoms with Gasteiger partial charge in [-0.3, -0.25) is 0 Å². The van der Waals surface area contributed by atoms with E-state index in [1.807, 2.05) is 6.08 Å². The molecule has 0 bridgehead atoms. The molecule has 5 atom stereocenters. The maximum atomic E-state index is 10.4. The molecule has 0 aromatic carbocycles. The van der Waals surface area contributed by atoms with E-state index in [2.05, 4.69) is 12.2 Å². The number of hydrogen-bond donors (Lipinski definition) is 3. The van der Waals surface area contributed by atoms with Crippen LogP contribution in [0.5, 0.6) is 0 Å². The van der Waals surface area contributed by atoms with Crippen LogP contribution in [0, 0.1) is 23.7 Å². The lowest BCUT2D eigenvalue weighted by Gasteiger charge is -2.20. The van der Waals surface area contributed by atoms with Gasteiger partial charge in [0.15, 0.2) is 0 Å². The quantitative estimate of drug-likeness (QED) is 0.470. The highest BCUT2D eigenvalue weighted by Crippen LogP contribution is 2.48. The van der Waals surface area contributed by atoms with Crippen LogP contribution in [0.3, 0.4) is 0 Å². The molecule has 0 aromatic rings. The molecule has 3 aliphatic rings. The van der Waals surface area contributed by atoms with E-state index in [9.17, 15) is 10.2 Å². The molecule has 24 heavy (non-hydrogen) atoms. The largest absolute Gasteiger partial charge is 0.392 e. The minimum absolute atomic E-state index is 0.226. The summed E-state index contributed by atoms with van der Waals surface area (Å²) < 4.78 is 0. The molecule has 0 unspecified atom stereocenters. The molecule has 0 aliphatic heterocycles. The molecule has 2 fully saturated rings. The van der Waals surface area contributed by atoms with E-state index < -0.39 is 0 Å². The van der Waals surface area contributed by atoms with Crippen LogP contribution in [0.1, 0.15) is 64.2 Å². The van der Waals surface area contributed by atoms with Crippen molar-refractivity contribution in [1.82, 2.24) is 0 Å². The van der Waals surface area contributed by atoms with Crippen molar-refractivity contribution >= 4 is 0 Å². The van der Waals surface area contributed by atoms with E-state index in [0.29, 0.717) is 17.8 Å². The van der Waals surface area contributed by atoms with E-state index >= 15 is 0 Å². The van der Waals surface area contributed by atoms with Gasteiger partial charge in [-0.1, -0.05) is 43.1 Å². The molecule has 136 valence electrons. The predicted octanol–water partition coefficient (Wildman–Crippen LogP) is 3.56. The zero-order valence-corrected chi connectivity index (χ0v) is 14.9. The van der Waals surface area contributed by atoms with Gasteiger partial charge in [-0.05, 0) is 69.2 Å². The van der Waals surface area contributed by atoms with Crippen LogP contribution in [0.2, 0.25) is 0 Å². The standard InChI is InChI=1S/C21H35NO2/c22-11-5-1-2-6-15-12-17-14-21(24)18(19(17)13-15)9-10-20(23)16-7-3-4-8-16/h9-10,12,16-21,23-24H,1-8,11,13-14,22H2/b10-9+/t17-,18+,19-,20+,21+/m0/s1. The topological polar surface area (TPSA) is 66.5 Å². The first-order valence-electron chi connectivity index (χ1n) is 10.1. The third kappa shape index (κ3) is 4.30. The highest BCUT2D eigenvalue weighted by molar-refractivity contribution is 5.21. The summed E-state index contributed by atoms with van der Waals surface area (Å²) in [6.07, 6.45) is 17.7. The van der Waals surface area contributed by atoms with Crippen LogP contribution in [0.4, 0.5) is 0 Å². The maximum absolute atomic E-state index is 10.4. The Labute approximate surface area is 147 Å². The van der Waals surface area contributed by atoms with Crippen molar-refractivity contribution in [3.05, 3.63) is 23.8 Å². The minimum Gasteiger partial charge on any atom is -0.392 e. The van der Waals surface area contributed by atoms with Gasteiger partial charge >= 0.3 is 0 Å². The minimum atomic E-state index is -0.316. The lowest BCUT2D eigenvalue weighted by Crippen LogP contribution is -2.19. The molecule has 2 saturated carbocycles. The van der Waals surface area contributed by atoms with E-state index in [1.165, 1.54) is 32.1 Å². The smallest absolute Gasteiger partial charge is 0.0749 e. The molecule has 4 N–H and O–H groups in total. The highest BCUT2D eigenvalue weighted by atomic mass is 16.3. The molecular weight excluding hydrogens is 298 g/mol. The summed E-state index contributed by atoms with van der Waals surface area (Å²) >= 11 is 0. The Kier molecular flexibility index (Phi) is 6.54. The van der Waals surface area contributed by atoms with Crippen LogP contribution in [-0.4, -0.2) is 29.0 Å². The molecule has 0 saturated heterocycles. The van der Waals surface area contributed by atoms with Gasteiger partial charge in [-0.25, -0.2) is 0 Å². The Balaban J connectivity index is 1.51. The van der Waals surface area contributed by atoms with Gasteiger partial charge in [0.25, 0.3) is 0 Å². The van der Waals surface area contributed by atoms with Gasteiger partial charge in [0.1, 0.15) is 0 Å². The number of aliphatic hydroxyl groups excluding tert-OH is 2. The van der Waals surface area contributed by atoms with Crippen molar-refractivity contribution in [3.8, 4) is 0 Å². The highest BCUT2D eigenvalue weighted by Gasteiger charge is 2.43. The van der Waals surface area contributed by atoms with Gasteiger partial charge < -0.3 is 15.9 Å². The molecular formula is C21H35NO2. The summed E-state index contributed by atoms with van der Waals surface area (Å²) in [5, 5.41) is 20.8. The number of rotatable bonds is 8. The Bertz CT molecular complexity index is 453. The van der Waals surface area contributed by atoms with Gasteiger partial charge in [0.2, 0.25) is 0 Å². The first-order valence-corrected chi connectivity index (χ1v) is 10.1. The molecule has 0 aromatic heterocycles. The Hall–Kier alpha value is -0.640. The van der Waals surface area contributed by atoms with Gasteiger partial charge in [0, 0.05) is 5.92 Å². The third-order valence-electron chi connectivity index (χ3n) is 6.57. The van der Waals surface area contributed by atoms with E-state index in [1.54, 1.807) is 5.57 Å². The van der Waals surface area contributed by atoms with Crippen LogP contribution in [-0.2, 0) is 0 Å². The SMILES string of the molecule is NCCCCCC1=C[C@H]2C[C@@H](O)[C@H](/C=C/[C@@H](O)C3CCCC3)[C@H]2C1. The number of hydrogen-bond acceptors (Lipinski definition) is 3. The van der Waals surface area contributed by atoms with Gasteiger partial charge in [0.05, 0.1) is 12.2 Å². The van der Waals surface area contributed by atoms with Crippen LogP contribution in [0.25, 0.3) is 0 Å². The van der Waals surface area contributed by atoms with Crippen LogP contribution < -0.4 is 5.73 Å². The van der Waals surface area contributed by atoms with Gasteiger partial charge in [-0.15, -0.1) is 0 Å².